The van der Waals surface area contributed by atoms with E-state index in [2.05, 4.69) is 10.3 Å². The third-order valence-corrected chi connectivity index (χ3v) is 5.51. The molecule has 164 valence electrons. The Bertz CT molecular complexity index is 1090. The smallest absolute Gasteiger partial charge is 0.260 e. The predicted molar refractivity (Wildman–Crippen MR) is 118 cm³/mol. The van der Waals surface area contributed by atoms with Crippen molar-refractivity contribution in [2.24, 2.45) is 5.92 Å². The van der Waals surface area contributed by atoms with Crippen LogP contribution in [0.3, 0.4) is 0 Å². The highest BCUT2D eigenvalue weighted by molar-refractivity contribution is 5.83. The maximum absolute atomic E-state index is 13.8. The lowest BCUT2D eigenvalue weighted by atomic mass is 9.92. The van der Waals surface area contributed by atoms with E-state index in [1.807, 2.05) is 36.4 Å². The van der Waals surface area contributed by atoms with E-state index in [1.165, 1.54) is 12.1 Å². The minimum Gasteiger partial charge on any atom is -0.481 e. The molecule has 1 aliphatic rings. The lowest BCUT2D eigenvalue weighted by Crippen LogP contribution is -2.39. The maximum atomic E-state index is 13.8. The molecule has 0 aliphatic carbocycles. The van der Waals surface area contributed by atoms with Crippen molar-refractivity contribution in [2.75, 3.05) is 26.2 Å². The van der Waals surface area contributed by atoms with Crippen LogP contribution in [0.1, 0.15) is 5.56 Å². The molecule has 7 heteroatoms. The Hall–Kier alpha value is -3.74. The van der Waals surface area contributed by atoms with Crippen LogP contribution in [0.2, 0.25) is 0 Å². The van der Waals surface area contributed by atoms with Crippen molar-refractivity contribution in [3.05, 3.63) is 84.4 Å². The number of pyridine rings is 1. The SMILES string of the molecule is O=C1NCCN(C(=O)COc2ccccc2F)CC1Cc1ccccc1-c1ccncc1. The quantitative estimate of drug-likeness (QED) is 0.649. The molecule has 1 saturated heterocycles. The molecule has 1 atom stereocenters. The minimum absolute atomic E-state index is 0.0349. The summed E-state index contributed by atoms with van der Waals surface area (Å²) in [6.45, 7) is 0.742. The average molecular weight is 433 g/mol. The molecule has 2 amide bonds. The van der Waals surface area contributed by atoms with Gasteiger partial charge in [-0.05, 0) is 47.4 Å². The number of hydrogen-bond donors (Lipinski definition) is 1. The van der Waals surface area contributed by atoms with Crippen LogP contribution in [0.25, 0.3) is 11.1 Å². The number of para-hydroxylation sites is 1. The highest BCUT2D eigenvalue weighted by Crippen LogP contribution is 2.26. The Kier molecular flexibility index (Phi) is 6.75. The Morgan fingerprint density at radius 2 is 1.84 bits per heavy atom. The monoisotopic (exact) mass is 433 g/mol. The summed E-state index contributed by atoms with van der Waals surface area (Å²) < 4.78 is 19.1. The van der Waals surface area contributed by atoms with E-state index in [0.29, 0.717) is 19.5 Å². The molecule has 0 saturated carbocycles. The van der Waals surface area contributed by atoms with Crippen LogP contribution < -0.4 is 10.1 Å². The molecular formula is C25H24FN3O3. The van der Waals surface area contributed by atoms with Gasteiger partial charge >= 0.3 is 0 Å². The van der Waals surface area contributed by atoms with Gasteiger partial charge in [0.1, 0.15) is 0 Å². The molecule has 1 fully saturated rings. The van der Waals surface area contributed by atoms with Crippen LogP contribution in [0.5, 0.6) is 5.75 Å². The average Bonchev–Trinajstić information content (AvgIpc) is 3.01. The van der Waals surface area contributed by atoms with Crippen molar-refractivity contribution in [2.45, 2.75) is 6.42 Å². The van der Waals surface area contributed by atoms with E-state index in [4.69, 9.17) is 4.74 Å². The molecule has 1 unspecified atom stereocenters. The third-order valence-electron chi connectivity index (χ3n) is 5.51. The number of halogens is 1. The second-order valence-corrected chi connectivity index (χ2v) is 7.64. The molecule has 6 nitrogen and oxygen atoms in total. The number of benzene rings is 2. The molecule has 0 spiro atoms. The fraction of sp³-hybridized carbons (Fsp3) is 0.240. The predicted octanol–water partition coefficient (Wildman–Crippen LogP) is 3.08. The van der Waals surface area contributed by atoms with E-state index in [-0.39, 0.29) is 30.7 Å². The van der Waals surface area contributed by atoms with Crippen LogP contribution in [-0.2, 0) is 16.0 Å². The number of carbonyl (C=O) groups is 2. The van der Waals surface area contributed by atoms with Crippen molar-refractivity contribution in [1.29, 1.82) is 0 Å². The number of hydrogen-bond acceptors (Lipinski definition) is 4. The molecule has 4 rings (SSSR count). The van der Waals surface area contributed by atoms with Gasteiger partial charge in [-0.25, -0.2) is 4.39 Å². The number of nitrogens with zero attached hydrogens (tertiary/aromatic N) is 2. The van der Waals surface area contributed by atoms with Crippen molar-refractivity contribution in [3.8, 4) is 16.9 Å². The molecule has 1 aromatic heterocycles. The maximum Gasteiger partial charge on any atom is 0.260 e. The van der Waals surface area contributed by atoms with E-state index in [9.17, 15) is 14.0 Å². The Morgan fingerprint density at radius 3 is 2.66 bits per heavy atom. The van der Waals surface area contributed by atoms with Gasteiger partial charge in [-0.15, -0.1) is 0 Å². The largest absolute Gasteiger partial charge is 0.481 e. The number of amides is 2. The van der Waals surface area contributed by atoms with Crippen LogP contribution in [0.15, 0.2) is 73.1 Å². The zero-order valence-electron chi connectivity index (χ0n) is 17.5. The van der Waals surface area contributed by atoms with E-state index >= 15 is 0 Å². The first kappa shape index (κ1) is 21.5. The lowest BCUT2D eigenvalue weighted by molar-refractivity contribution is -0.134. The van der Waals surface area contributed by atoms with Gasteiger partial charge < -0.3 is 15.0 Å². The number of carbonyl (C=O) groups excluding carboxylic acids is 2. The number of rotatable bonds is 6. The van der Waals surface area contributed by atoms with Crippen LogP contribution in [0.4, 0.5) is 4.39 Å². The van der Waals surface area contributed by atoms with Gasteiger partial charge in [0.05, 0.1) is 5.92 Å². The van der Waals surface area contributed by atoms with Gasteiger partial charge in [-0.2, -0.15) is 0 Å². The van der Waals surface area contributed by atoms with Crippen molar-refractivity contribution < 1.29 is 18.7 Å². The summed E-state index contributed by atoms with van der Waals surface area (Å²) in [7, 11) is 0. The summed E-state index contributed by atoms with van der Waals surface area (Å²) in [6.07, 6.45) is 3.96. The van der Waals surface area contributed by atoms with E-state index < -0.39 is 11.7 Å². The highest BCUT2D eigenvalue weighted by atomic mass is 19.1. The normalized spacial score (nSPS) is 16.2. The zero-order chi connectivity index (χ0) is 22.3. The van der Waals surface area contributed by atoms with Crippen molar-refractivity contribution in [3.63, 3.8) is 0 Å². The molecule has 2 aromatic carbocycles. The minimum atomic E-state index is -0.515. The first-order valence-electron chi connectivity index (χ1n) is 10.5. The van der Waals surface area contributed by atoms with Gasteiger partial charge in [0.2, 0.25) is 5.91 Å². The Morgan fingerprint density at radius 1 is 1.09 bits per heavy atom. The fourth-order valence-electron chi connectivity index (χ4n) is 3.85. The summed E-state index contributed by atoms with van der Waals surface area (Å²) in [5.41, 5.74) is 3.08. The number of aromatic nitrogens is 1. The summed E-state index contributed by atoms with van der Waals surface area (Å²) in [4.78, 5) is 31.2. The lowest BCUT2D eigenvalue weighted by Gasteiger charge is -2.24. The first-order valence-corrected chi connectivity index (χ1v) is 10.5. The van der Waals surface area contributed by atoms with Crippen LogP contribution in [0, 0.1) is 11.7 Å². The third kappa shape index (κ3) is 5.11. The van der Waals surface area contributed by atoms with Gasteiger partial charge in [0, 0.05) is 32.0 Å². The molecule has 1 aliphatic heterocycles. The summed E-state index contributed by atoms with van der Waals surface area (Å²) in [6, 6.07) is 17.8. The fourth-order valence-corrected chi connectivity index (χ4v) is 3.85. The van der Waals surface area contributed by atoms with Gasteiger partial charge in [-0.1, -0.05) is 36.4 Å². The summed E-state index contributed by atoms with van der Waals surface area (Å²) in [5, 5.41) is 2.90. The second-order valence-electron chi connectivity index (χ2n) is 7.64. The van der Waals surface area contributed by atoms with Crippen LogP contribution >= 0.6 is 0 Å². The van der Waals surface area contributed by atoms with Crippen molar-refractivity contribution in [1.82, 2.24) is 15.2 Å². The molecule has 2 heterocycles. The highest BCUT2D eigenvalue weighted by Gasteiger charge is 2.28. The summed E-state index contributed by atoms with van der Waals surface area (Å²) >= 11 is 0. The number of ether oxygens (including phenoxy) is 1. The standard InChI is InChI=1S/C25H24FN3O3/c26-22-7-3-4-8-23(22)32-17-24(30)29-14-13-28-25(31)20(16-29)15-19-5-1-2-6-21(19)18-9-11-27-12-10-18/h1-12,20H,13-17H2,(H,28,31). The Labute approximate surface area is 186 Å². The van der Waals surface area contributed by atoms with Gasteiger partial charge in [-0.3, -0.25) is 14.6 Å². The number of nitrogens with one attached hydrogen (secondary N) is 1. The molecule has 0 radical (unpaired) electrons. The topological polar surface area (TPSA) is 71.5 Å². The van der Waals surface area contributed by atoms with Crippen molar-refractivity contribution >= 4 is 11.8 Å². The summed E-state index contributed by atoms with van der Waals surface area (Å²) in [5.74, 6) is -1.25. The molecule has 3 aromatic rings. The zero-order valence-corrected chi connectivity index (χ0v) is 17.5. The molecule has 1 N–H and O–H groups in total. The van der Waals surface area contributed by atoms with Gasteiger partial charge in [0.15, 0.2) is 18.2 Å². The van der Waals surface area contributed by atoms with E-state index in [0.717, 1.165) is 16.7 Å². The van der Waals surface area contributed by atoms with Gasteiger partial charge in [0.25, 0.3) is 5.91 Å². The second kappa shape index (κ2) is 10.0. The molecular weight excluding hydrogens is 409 g/mol. The van der Waals surface area contributed by atoms with Crippen LogP contribution in [-0.4, -0.2) is 47.9 Å². The Balaban J connectivity index is 1.47. The molecule has 0 bridgehead atoms. The van der Waals surface area contributed by atoms with E-state index in [1.54, 1.807) is 29.4 Å². The first-order chi connectivity index (χ1) is 15.6. The molecule has 32 heavy (non-hydrogen) atoms.